The molecule has 0 spiro atoms. The van der Waals surface area contributed by atoms with Gasteiger partial charge in [-0.1, -0.05) is 98.2 Å². The van der Waals surface area contributed by atoms with Crippen LogP contribution in [0.4, 0.5) is 0 Å². The van der Waals surface area contributed by atoms with Gasteiger partial charge in [0, 0.05) is 0 Å². The standard InChI is InChI=1S/C19H27Br/c1-2-3-4-5-6-7-8-9-10-16-11-13-18-17(15-16)12-14-19(18)20/h11-15,19H,2-10H2,1H3. The normalized spacial score (nSPS) is 16.6. The molecule has 0 saturated heterocycles. The van der Waals surface area contributed by atoms with E-state index >= 15 is 0 Å². The highest BCUT2D eigenvalue weighted by Gasteiger charge is 2.13. The van der Waals surface area contributed by atoms with Crippen LogP contribution in [-0.4, -0.2) is 0 Å². The largest absolute Gasteiger partial charge is 0.0793 e. The summed E-state index contributed by atoms with van der Waals surface area (Å²) in [7, 11) is 0. The van der Waals surface area contributed by atoms with Crippen molar-refractivity contribution in [3.63, 3.8) is 0 Å². The van der Waals surface area contributed by atoms with Crippen LogP contribution < -0.4 is 0 Å². The van der Waals surface area contributed by atoms with E-state index in [2.05, 4.69) is 53.2 Å². The van der Waals surface area contributed by atoms with E-state index in [4.69, 9.17) is 0 Å². The highest BCUT2D eigenvalue weighted by atomic mass is 79.9. The molecule has 1 unspecified atom stereocenters. The quantitative estimate of drug-likeness (QED) is 0.342. The molecule has 0 fully saturated rings. The molecule has 110 valence electrons. The van der Waals surface area contributed by atoms with E-state index in [9.17, 15) is 0 Å². The fourth-order valence-electron chi connectivity index (χ4n) is 2.93. The molecule has 1 atom stereocenters. The second-order valence-corrected chi connectivity index (χ2v) is 6.94. The van der Waals surface area contributed by atoms with Crippen molar-refractivity contribution in [3.8, 4) is 0 Å². The average molecular weight is 335 g/mol. The van der Waals surface area contributed by atoms with E-state index in [1.807, 2.05) is 0 Å². The third kappa shape index (κ3) is 4.77. The first-order valence-corrected chi connectivity index (χ1v) is 9.18. The van der Waals surface area contributed by atoms with Gasteiger partial charge in [0.05, 0.1) is 4.83 Å². The summed E-state index contributed by atoms with van der Waals surface area (Å²) >= 11 is 3.67. The van der Waals surface area contributed by atoms with Crippen LogP contribution in [0.5, 0.6) is 0 Å². The maximum absolute atomic E-state index is 3.67. The molecule has 0 nitrogen and oxygen atoms in total. The van der Waals surface area contributed by atoms with Gasteiger partial charge >= 0.3 is 0 Å². The lowest BCUT2D eigenvalue weighted by molar-refractivity contribution is 0.575. The summed E-state index contributed by atoms with van der Waals surface area (Å²) in [5.41, 5.74) is 4.33. The number of unbranched alkanes of at least 4 members (excludes halogenated alkanes) is 7. The van der Waals surface area contributed by atoms with Crippen molar-refractivity contribution in [1.82, 2.24) is 0 Å². The molecule has 0 amide bonds. The number of aryl methyl sites for hydroxylation is 1. The van der Waals surface area contributed by atoms with Crippen molar-refractivity contribution in [3.05, 3.63) is 41.0 Å². The third-order valence-electron chi connectivity index (χ3n) is 4.21. The van der Waals surface area contributed by atoms with E-state index in [0.29, 0.717) is 4.83 Å². The van der Waals surface area contributed by atoms with Gasteiger partial charge in [0.15, 0.2) is 0 Å². The molecule has 1 aromatic carbocycles. The molecule has 0 heterocycles. The molecular formula is C19H27Br. The Bertz CT molecular complexity index is 433. The molecule has 0 N–H and O–H groups in total. The van der Waals surface area contributed by atoms with Gasteiger partial charge in [0.1, 0.15) is 0 Å². The van der Waals surface area contributed by atoms with Crippen molar-refractivity contribution < 1.29 is 0 Å². The van der Waals surface area contributed by atoms with Gasteiger partial charge in [-0.15, -0.1) is 0 Å². The molecule has 0 saturated carbocycles. The predicted molar refractivity (Wildman–Crippen MR) is 93.5 cm³/mol. The fraction of sp³-hybridized carbons (Fsp3) is 0.579. The summed E-state index contributed by atoms with van der Waals surface area (Å²) in [6, 6.07) is 6.96. The first-order valence-electron chi connectivity index (χ1n) is 8.26. The minimum Gasteiger partial charge on any atom is -0.0793 e. The number of rotatable bonds is 9. The van der Waals surface area contributed by atoms with Gasteiger partial charge in [-0.3, -0.25) is 0 Å². The molecule has 1 aromatic rings. The van der Waals surface area contributed by atoms with Crippen molar-refractivity contribution in [2.75, 3.05) is 0 Å². The Kier molecular flexibility index (Phi) is 6.86. The summed E-state index contributed by atoms with van der Waals surface area (Å²) in [5.74, 6) is 0. The summed E-state index contributed by atoms with van der Waals surface area (Å²) in [6.07, 6.45) is 16.9. The molecule has 0 bridgehead atoms. The van der Waals surface area contributed by atoms with E-state index in [1.54, 1.807) is 0 Å². The van der Waals surface area contributed by atoms with Gasteiger partial charge in [-0.05, 0) is 29.5 Å². The topological polar surface area (TPSA) is 0 Å². The summed E-state index contributed by atoms with van der Waals surface area (Å²) in [4.78, 5) is 0.426. The zero-order chi connectivity index (χ0) is 14.2. The molecule has 1 aliphatic carbocycles. The average Bonchev–Trinajstić information content (AvgIpc) is 2.83. The molecule has 20 heavy (non-hydrogen) atoms. The van der Waals surface area contributed by atoms with Crippen LogP contribution in [0.1, 0.15) is 79.8 Å². The Morgan fingerprint density at radius 3 is 2.40 bits per heavy atom. The minimum absolute atomic E-state index is 0.426. The van der Waals surface area contributed by atoms with E-state index in [1.165, 1.54) is 74.5 Å². The second-order valence-electron chi connectivity index (χ2n) is 5.95. The molecule has 1 heteroatoms. The smallest absolute Gasteiger partial charge is 0.0584 e. The highest BCUT2D eigenvalue weighted by molar-refractivity contribution is 9.09. The molecule has 0 aliphatic heterocycles. The number of alkyl halides is 1. The van der Waals surface area contributed by atoms with Crippen LogP contribution in [0.2, 0.25) is 0 Å². The lowest BCUT2D eigenvalue weighted by Gasteiger charge is -2.07. The number of hydrogen-bond donors (Lipinski definition) is 0. The SMILES string of the molecule is CCCCCCCCCCc1ccc2c(c1)C=CC2Br. The number of halogens is 1. The zero-order valence-corrected chi connectivity index (χ0v) is 14.3. The lowest BCUT2D eigenvalue weighted by atomic mass is 10.0. The van der Waals surface area contributed by atoms with E-state index in [0.717, 1.165) is 0 Å². The summed E-state index contributed by atoms with van der Waals surface area (Å²) < 4.78 is 0. The van der Waals surface area contributed by atoms with Crippen LogP contribution in [0.3, 0.4) is 0 Å². The van der Waals surface area contributed by atoms with Crippen LogP contribution >= 0.6 is 15.9 Å². The van der Waals surface area contributed by atoms with Crippen molar-refractivity contribution in [2.45, 2.75) is 69.5 Å². The van der Waals surface area contributed by atoms with Crippen molar-refractivity contribution >= 4 is 22.0 Å². The van der Waals surface area contributed by atoms with Crippen LogP contribution in [0.25, 0.3) is 6.08 Å². The molecule has 0 aromatic heterocycles. The van der Waals surface area contributed by atoms with Crippen LogP contribution in [0, 0.1) is 0 Å². The van der Waals surface area contributed by atoms with Gasteiger partial charge < -0.3 is 0 Å². The second kappa shape index (κ2) is 8.67. The number of fused-ring (bicyclic) bond motifs is 1. The number of hydrogen-bond acceptors (Lipinski definition) is 0. The molecule has 1 aliphatic rings. The monoisotopic (exact) mass is 334 g/mol. The van der Waals surface area contributed by atoms with Crippen molar-refractivity contribution in [1.29, 1.82) is 0 Å². The number of benzene rings is 1. The first kappa shape index (κ1) is 15.8. The van der Waals surface area contributed by atoms with Gasteiger partial charge in [0.25, 0.3) is 0 Å². The first-order chi connectivity index (χ1) is 9.81. The third-order valence-corrected chi connectivity index (χ3v) is 5.01. The van der Waals surface area contributed by atoms with E-state index < -0.39 is 0 Å². The maximum Gasteiger partial charge on any atom is 0.0584 e. The highest BCUT2D eigenvalue weighted by Crippen LogP contribution is 2.35. The van der Waals surface area contributed by atoms with Crippen LogP contribution in [0.15, 0.2) is 24.3 Å². The number of allylic oxidation sites excluding steroid dienone is 1. The van der Waals surface area contributed by atoms with Gasteiger partial charge in [-0.25, -0.2) is 0 Å². The molecular weight excluding hydrogens is 308 g/mol. The summed E-state index contributed by atoms with van der Waals surface area (Å²) in [5, 5.41) is 0. The van der Waals surface area contributed by atoms with Gasteiger partial charge in [0.2, 0.25) is 0 Å². The fourth-order valence-corrected chi connectivity index (χ4v) is 3.50. The Balaban J connectivity index is 1.62. The molecule has 0 radical (unpaired) electrons. The van der Waals surface area contributed by atoms with Crippen molar-refractivity contribution in [2.24, 2.45) is 0 Å². The Labute approximate surface area is 132 Å². The van der Waals surface area contributed by atoms with Gasteiger partial charge in [-0.2, -0.15) is 0 Å². The Hall–Kier alpha value is -0.560. The Morgan fingerprint density at radius 1 is 0.950 bits per heavy atom. The van der Waals surface area contributed by atoms with Crippen LogP contribution in [-0.2, 0) is 6.42 Å². The zero-order valence-electron chi connectivity index (χ0n) is 12.7. The maximum atomic E-state index is 3.67. The minimum atomic E-state index is 0.426. The Morgan fingerprint density at radius 2 is 1.65 bits per heavy atom. The molecule has 2 rings (SSSR count). The lowest BCUT2D eigenvalue weighted by Crippen LogP contribution is -1.90. The van der Waals surface area contributed by atoms with E-state index in [-0.39, 0.29) is 0 Å². The predicted octanol–water partition coefficient (Wildman–Crippen LogP) is 6.83. The summed E-state index contributed by atoms with van der Waals surface area (Å²) in [6.45, 7) is 2.28.